The van der Waals surface area contributed by atoms with Crippen LogP contribution in [0.5, 0.6) is 0 Å². The van der Waals surface area contributed by atoms with Gasteiger partial charge in [0.25, 0.3) is 0 Å². The van der Waals surface area contributed by atoms with Gasteiger partial charge in [-0.1, -0.05) is 35.3 Å². The predicted octanol–water partition coefficient (Wildman–Crippen LogP) is 3.79. The lowest BCUT2D eigenvalue weighted by Gasteiger charge is -2.12. The third kappa shape index (κ3) is 3.11. The van der Waals surface area contributed by atoms with Gasteiger partial charge in [-0.3, -0.25) is 4.68 Å². The molecule has 0 saturated carbocycles. The molecule has 0 radical (unpaired) electrons. The molecule has 1 N–H and O–H groups in total. The summed E-state index contributed by atoms with van der Waals surface area (Å²) in [6.45, 7) is 4.60. The normalized spacial score (nSPS) is 12.7. The summed E-state index contributed by atoms with van der Waals surface area (Å²) >= 11 is 12.1. The molecule has 1 atom stereocenters. The first-order valence-corrected chi connectivity index (χ1v) is 6.93. The van der Waals surface area contributed by atoms with Gasteiger partial charge in [0, 0.05) is 18.0 Å². The minimum atomic E-state index is -0.615. The first-order valence-electron chi connectivity index (χ1n) is 6.18. The molecule has 0 spiro atoms. The van der Waals surface area contributed by atoms with Crippen LogP contribution < -0.4 is 0 Å². The highest BCUT2D eigenvalue weighted by molar-refractivity contribution is 6.31. The Morgan fingerprint density at radius 2 is 1.89 bits per heavy atom. The van der Waals surface area contributed by atoms with Crippen molar-refractivity contribution in [1.29, 1.82) is 0 Å². The van der Waals surface area contributed by atoms with E-state index < -0.39 is 6.10 Å². The van der Waals surface area contributed by atoms with Crippen LogP contribution >= 0.6 is 23.2 Å². The number of halogens is 2. The Balaban J connectivity index is 2.23. The van der Waals surface area contributed by atoms with Gasteiger partial charge in [-0.15, -0.1) is 0 Å². The van der Waals surface area contributed by atoms with Crippen LogP contribution in [0.4, 0.5) is 0 Å². The number of hydrogen-bond acceptors (Lipinski definition) is 2. The SMILES string of the molecule is CCn1nc(C)c(Cl)c1CC(O)c1ccc(Cl)cc1. The predicted molar refractivity (Wildman–Crippen MR) is 77.8 cm³/mol. The smallest absolute Gasteiger partial charge is 0.0848 e. The van der Waals surface area contributed by atoms with Gasteiger partial charge in [0.05, 0.1) is 22.5 Å². The molecule has 2 aromatic rings. The van der Waals surface area contributed by atoms with Crippen LogP contribution in [0.25, 0.3) is 0 Å². The molecule has 0 bridgehead atoms. The van der Waals surface area contributed by atoms with Gasteiger partial charge in [0.1, 0.15) is 0 Å². The van der Waals surface area contributed by atoms with E-state index in [1.165, 1.54) is 0 Å². The van der Waals surface area contributed by atoms with Crippen molar-refractivity contribution in [3.8, 4) is 0 Å². The van der Waals surface area contributed by atoms with Crippen LogP contribution in [0.15, 0.2) is 24.3 Å². The van der Waals surface area contributed by atoms with Gasteiger partial charge < -0.3 is 5.11 Å². The van der Waals surface area contributed by atoms with Crippen molar-refractivity contribution in [1.82, 2.24) is 9.78 Å². The Morgan fingerprint density at radius 3 is 2.47 bits per heavy atom. The Morgan fingerprint density at radius 1 is 1.26 bits per heavy atom. The van der Waals surface area contributed by atoms with E-state index in [1.807, 2.05) is 30.7 Å². The Kier molecular flexibility index (Phi) is 4.50. The summed E-state index contributed by atoms with van der Waals surface area (Å²) in [5, 5.41) is 15.9. The molecular weight excluding hydrogens is 283 g/mol. The molecule has 0 aliphatic carbocycles. The number of aromatic nitrogens is 2. The fourth-order valence-electron chi connectivity index (χ4n) is 2.05. The highest BCUT2D eigenvalue weighted by Crippen LogP contribution is 2.26. The van der Waals surface area contributed by atoms with Crippen molar-refractivity contribution in [2.75, 3.05) is 0 Å². The quantitative estimate of drug-likeness (QED) is 0.932. The average molecular weight is 299 g/mol. The summed E-state index contributed by atoms with van der Waals surface area (Å²) in [7, 11) is 0. The zero-order valence-corrected chi connectivity index (χ0v) is 12.4. The summed E-state index contributed by atoms with van der Waals surface area (Å²) in [6, 6.07) is 7.18. The van der Waals surface area contributed by atoms with Crippen molar-refractivity contribution in [3.63, 3.8) is 0 Å². The van der Waals surface area contributed by atoms with Crippen LogP contribution in [0.1, 0.15) is 30.0 Å². The van der Waals surface area contributed by atoms with E-state index in [-0.39, 0.29) is 0 Å². The van der Waals surface area contributed by atoms with Crippen molar-refractivity contribution in [3.05, 3.63) is 51.3 Å². The summed E-state index contributed by atoms with van der Waals surface area (Å²) in [5.74, 6) is 0. The largest absolute Gasteiger partial charge is 0.388 e. The van der Waals surface area contributed by atoms with Gasteiger partial charge in [-0.05, 0) is 31.5 Å². The molecule has 1 heterocycles. The minimum absolute atomic E-state index is 0.440. The van der Waals surface area contributed by atoms with Gasteiger partial charge in [-0.25, -0.2) is 0 Å². The highest BCUT2D eigenvalue weighted by Gasteiger charge is 2.17. The highest BCUT2D eigenvalue weighted by atomic mass is 35.5. The fourth-order valence-corrected chi connectivity index (χ4v) is 2.39. The fraction of sp³-hybridized carbons (Fsp3) is 0.357. The third-order valence-corrected chi connectivity index (χ3v) is 3.84. The second kappa shape index (κ2) is 5.95. The number of hydrogen-bond donors (Lipinski definition) is 1. The number of aliphatic hydroxyl groups excluding tert-OH is 1. The van der Waals surface area contributed by atoms with Gasteiger partial charge in [-0.2, -0.15) is 5.10 Å². The van der Waals surface area contributed by atoms with Crippen molar-refractivity contribution >= 4 is 23.2 Å². The molecule has 0 aliphatic rings. The standard InChI is InChI=1S/C14H16Cl2N2O/c1-3-18-12(14(16)9(2)17-18)8-13(19)10-4-6-11(15)7-5-10/h4-7,13,19H,3,8H2,1-2H3. The number of aryl methyl sites for hydroxylation is 2. The molecule has 0 saturated heterocycles. The maximum atomic E-state index is 10.3. The summed E-state index contributed by atoms with van der Waals surface area (Å²) in [5.41, 5.74) is 2.48. The molecule has 102 valence electrons. The van der Waals surface area contributed by atoms with Gasteiger partial charge in [0.2, 0.25) is 0 Å². The van der Waals surface area contributed by atoms with E-state index in [9.17, 15) is 5.11 Å². The van der Waals surface area contributed by atoms with Crippen LogP contribution in [0, 0.1) is 6.92 Å². The Hall–Kier alpha value is -1.03. The van der Waals surface area contributed by atoms with Crippen molar-refractivity contribution in [2.24, 2.45) is 0 Å². The van der Waals surface area contributed by atoms with E-state index in [2.05, 4.69) is 5.10 Å². The maximum Gasteiger partial charge on any atom is 0.0848 e. The van der Waals surface area contributed by atoms with E-state index in [0.29, 0.717) is 16.5 Å². The maximum absolute atomic E-state index is 10.3. The first kappa shape index (κ1) is 14.4. The third-order valence-electron chi connectivity index (χ3n) is 3.09. The monoisotopic (exact) mass is 298 g/mol. The molecule has 19 heavy (non-hydrogen) atoms. The van der Waals surface area contributed by atoms with Crippen LogP contribution in [-0.4, -0.2) is 14.9 Å². The molecule has 5 heteroatoms. The lowest BCUT2D eigenvalue weighted by molar-refractivity contribution is 0.175. The first-order chi connectivity index (χ1) is 9.02. The summed E-state index contributed by atoms with van der Waals surface area (Å²) < 4.78 is 1.83. The van der Waals surface area contributed by atoms with Crippen LogP contribution in [0.2, 0.25) is 10.0 Å². The Bertz CT molecular complexity index is 564. The van der Waals surface area contributed by atoms with E-state index >= 15 is 0 Å². The number of benzene rings is 1. The molecule has 3 nitrogen and oxygen atoms in total. The number of nitrogens with zero attached hydrogens (tertiary/aromatic N) is 2. The van der Waals surface area contributed by atoms with Gasteiger partial charge >= 0.3 is 0 Å². The number of rotatable bonds is 4. The average Bonchev–Trinajstić information content (AvgIpc) is 2.67. The zero-order valence-electron chi connectivity index (χ0n) is 10.9. The zero-order chi connectivity index (χ0) is 14.0. The van der Waals surface area contributed by atoms with E-state index in [4.69, 9.17) is 23.2 Å². The Labute approximate surface area is 122 Å². The number of aliphatic hydroxyl groups is 1. The molecule has 2 rings (SSSR count). The van der Waals surface area contributed by atoms with Gasteiger partial charge in [0.15, 0.2) is 0 Å². The molecular formula is C14H16Cl2N2O. The molecule has 0 amide bonds. The van der Waals surface area contributed by atoms with E-state index in [0.717, 1.165) is 23.5 Å². The molecule has 1 unspecified atom stereocenters. The van der Waals surface area contributed by atoms with Crippen LogP contribution in [0.3, 0.4) is 0 Å². The van der Waals surface area contributed by atoms with Crippen molar-refractivity contribution < 1.29 is 5.11 Å². The molecule has 0 aliphatic heterocycles. The molecule has 1 aromatic carbocycles. The second-order valence-electron chi connectivity index (χ2n) is 4.43. The van der Waals surface area contributed by atoms with Crippen molar-refractivity contribution in [2.45, 2.75) is 32.9 Å². The summed E-state index contributed by atoms with van der Waals surface area (Å²) in [4.78, 5) is 0. The van der Waals surface area contributed by atoms with E-state index in [1.54, 1.807) is 12.1 Å². The second-order valence-corrected chi connectivity index (χ2v) is 5.25. The lowest BCUT2D eigenvalue weighted by Crippen LogP contribution is -2.08. The lowest BCUT2D eigenvalue weighted by atomic mass is 10.0. The summed E-state index contributed by atoms with van der Waals surface area (Å²) in [6.07, 6.45) is -0.175. The topological polar surface area (TPSA) is 38.0 Å². The van der Waals surface area contributed by atoms with Crippen LogP contribution in [-0.2, 0) is 13.0 Å². The minimum Gasteiger partial charge on any atom is -0.388 e. The molecule has 1 aromatic heterocycles. The molecule has 0 fully saturated rings.